The van der Waals surface area contributed by atoms with Crippen molar-refractivity contribution in [3.05, 3.63) is 76.0 Å². The average molecular weight is 435 g/mol. The molecule has 1 aromatic carbocycles. The fourth-order valence-electron chi connectivity index (χ4n) is 4.13. The lowest BCUT2D eigenvalue weighted by Gasteiger charge is -2.32. The Labute approximate surface area is 186 Å². The summed E-state index contributed by atoms with van der Waals surface area (Å²) in [6.45, 7) is 3.72. The summed E-state index contributed by atoms with van der Waals surface area (Å²) >= 11 is 1.36. The monoisotopic (exact) mass is 434 g/mol. The van der Waals surface area contributed by atoms with E-state index in [0.29, 0.717) is 16.3 Å². The molecule has 1 fully saturated rings. The van der Waals surface area contributed by atoms with Gasteiger partial charge in [0.1, 0.15) is 10.9 Å². The number of para-hydroxylation sites is 1. The number of rotatable bonds is 6. The van der Waals surface area contributed by atoms with Crippen LogP contribution in [0.3, 0.4) is 0 Å². The van der Waals surface area contributed by atoms with Crippen LogP contribution in [0, 0.1) is 13.8 Å². The Morgan fingerprint density at radius 2 is 1.74 bits per heavy atom. The summed E-state index contributed by atoms with van der Waals surface area (Å²) < 4.78 is 0. The van der Waals surface area contributed by atoms with Crippen LogP contribution in [0.2, 0.25) is 0 Å². The molecule has 1 saturated carbocycles. The number of benzene rings is 1. The number of carbonyl (C=O) groups excluding carboxylic acids is 2. The summed E-state index contributed by atoms with van der Waals surface area (Å²) in [5.74, 6) is -0.396. The molecule has 0 spiro atoms. The Bertz CT molecular complexity index is 1050. The molecule has 0 aliphatic heterocycles. The Morgan fingerprint density at radius 3 is 2.35 bits per heavy atom. The van der Waals surface area contributed by atoms with Gasteiger partial charge in [-0.3, -0.25) is 19.5 Å². The number of aryl methyl sites for hydroxylation is 2. The summed E-state index contributed by atoms with van der Waals surface area (Å²) in [6, 6.07) is 12.3. The summed E-state index contributed by atoms with van der Waals surface area (Å²) in [6.07, 6.45) is 7.49. The molecule has 160 valence electrons. The van der Waals surface area contributed by atoms with Crippen LogP contribution < -0.4 is 10.2 Å². The molecule has 31 heavy (non-hydrogen) atoms. The highest BCUT2D eigenvalue weighted by atomic mass is 32.1. The summed E-state index contributed by atoms with van der Waals surface area (Å²) in [5.41, 5.74) is 2.07. The molecule has 0 saturated heterocycles. The number of carbonyl (C=O) groups is 2. The Morgan fingerprint density at radius 1 is 1.06 bits per heavy atom. The third-order valence-corrected chi connectivity index (χ3v) is 6.64. The van der Waals surface area contributed by atoms with Gasteiger partial charge >= 0.3 is 0 Å². The van der Waals surface area contributed by atoms with Crippen LogP contribution in [0.4, 0.5) is 5.69 Å². The van der Waals surface area contributed by atoms with Crippen LogP contribution in [-0.2, 0) is 4.79 Å². The quantitative estimate of drug-likeness (QED) is 0.615. The number of nitrogens with one attached hydrogen (secondary N) is 1. The number of hydrogen-bond acceptors (Lipinski definition) is 5. The molecule has 1 aliphatic rings. The molecule has 1 N–H and O–H groups in total. The molecule has 1 atom stereocenters. The van der Waals surface area contributed by atoms with E-state index in [-0.39, 0.29) is 17.9 Å². The first-order chi connectivity index (χ1) is 15.0. The molecular weight excluding hydrogens is 408 g/mol. The van der Waals surface area contributed by atoms with Gasteiger partial charge < -0.3 is 5.32 Å². The van der Waals surface area contributed by atoms with E-state index in [1.807, 2.05) is 44.2 Å². The number of aromatic nitrogens is 2. The number of thiazole rings is 1. The van der Waals surface area contributed by atoms with Gasteiger partial charge in [0.25, 0.3) is 5.91 Å². The average Bonchev–Trinajstić information content (AvgIpc) is 3.41. The van der Waals surface area contributed by atoms with Gasteiger partial charge in [-0.05, 0) is 56.5 Å². The predicted octanol–water partition coefficient (Wildman–Crippen LogP) is 4.60. The van der Waals surface area contributed by atoms with Crippen molar-refractivity contribution in [2.24, 2.45) is 0 Å². The van der Waals surface area contributed by atoms with E-state index in [1.54, 1.807) is 29.4 Å². The normalized spacial score (nSPS) is 14.9. The maximum Gasteiger partial charge on any atom is 0.271 e. The Balaban J connectivity index is 1.80. The zero-order valence-corrected chi connectivity index (χ0v) is 18.6. The minimum Gasteiger partial charge on any atom is -0.351 e. The highest BCUT2D eigenvalue weighted by Crippen LogP contribution is 2.32. The van der Waals surface area contributed by atoms with E-state index in [1.165, 1.54) is 11.3 Å². The Hall–Kier alpha value is -3.06. The summed E-state index contributed by atoms with van der Waals surface area (Å²) in [5, 5.41) is 4.01. The number of anilines is 1. The third-order valence-electron chi connectivity index (χ3n) is 5.58. The van der Waals surface area contributed by atoms with Crippen molar-refractivity contribution in [3.63, 3.8) is 0 Å². The molecule has 6 nitrogen and oxygen atoms in total. The Kier molecular flexibility index (Phi) is 6.42. The van der Waals surface area contributed by atoms with Gasteiger partial charge in [0.2, 0.25) is 5.91 Å². The van der Waals surface area contributed by atoms with Crippen molar-refractivity contribution < 1.29 is 9.59 Å². The van der Waals surface area contributed by atoms with E-state index >= 15 is 0 Å². The van der Waals surface area contributed by atoms with Crippen molar-refractivity contribution in [1.82, 2.24) is 15.3 Å². The predicted molar refractivity (Wildman–Crippen MR) is 122 cm³/mol. The first-order valence-electron chi connectivity index (χ1n) is 10.6. The maximum absolute atomic E-state index is 13.8. The van der Waals surface area contributed by atoms with Gasteiger partial charge in [0, 0.05) is 24.1 Å². The second-order valence-electron chi connectivity index (χ2n) is 7.83. The lowest BCUT2D eigenvalue weighted by Crippen LogP contribution is -2.46. The van der Waals surface area contributed by atoms with Gasteiger partial charge in [0.15, 0.2) is 0 Å². The standard InChI is InChI=1S/C24H26N4O2S/c1-16-22(31-17(2)26-16)24(30)28(20-10-4-3-5-11-20)21(18-12-14-25-15-13-18)23(29)27-19-8-6-7-9-19/h3-5,10-15,19,21H,6-9H2,1-2H3,(H,27,29)/t21-/m0/s1. The maximum atomic E-state index is 13.8. The fraction of sp³-hybridized carbons (Fsp3) is 0.333. The second-order valence-corrected chi connectivity index (χ2v) is 9.03. The van der Waals surface area contributed by atoms with Gasteiger partial charge in [-0.25, -0.2) is 4.98 Å². The van der Waals surface area contributed by atoms with E-state index in [2.05, 4.69) is 15.3 Å². The molecule has 0 bridgehead atoms. The molecule has 3 aromatic rings. The van der Waals surface area contributed by atoms with Crippen LogP contribution in [0.15, 0.2) is 54.9 Å². The molecular formula is C24H26N4O2S. The van der Waals surface area contributed by atoms with Crippen LogP contribution in [0.25, 0.3) is 0 Å². The topological polar surface area (TPSA) is 75.2 Å². The second kappa shape index (κ2) is 9.39. The SMILES string of the molecule is Cc1nc(C)c(C(=O)N(c2ccccc2)[C@H](C(=O)NC2CCCC2)c2ccncc2)s1. The van der Waals surface area contributed by atoms with Crippen LogP contribution in [0.1, 0.15) is 57.7 Å². The molecule has 2 aromatic heterocycles. The summed E-state index contributed by atoms with van der Waals surface area (Å²) in [4.78, 5) is 38.1. The molecule has 0 radical (unpaired) electrons. The van der Waals surface area contributed by atoms with Crippen molar-refractivity contribution in [2.75, 3.05) is 4.90 Å². The van der Waals surface area contributed by atoms with E-state index < -0.39 is 6.04 Å². The van der Waals surface area contributed by atoms with Crippen molar-refractivity contribution >= 4 is 28.8 Å². The van der Waals surface area contributed by atoms with Gasteiger partial charge in [0.05, 0.1) is 10.7 Å². The molecule has 2 amide bonds. The number of nitrogens with zero attached hydrogens (tertiary/aromatic N) is 3. The van der Waals surface area contributed by atoms with E-state index in [9.17, 15) is 9.59 Å². The van der Waals surface area contributed by atoms with Crippen molar-refractivity contribution in [3.8, 4) is 0 Å². The lowest BCUT2D eigenvalue weighted by molar-refractivity contribution is -0.123. The van der Waals surface area contributed by atoms with E-state index in [4.69, 9.17) is 0 Å². The first-order valence-corrected chi connectivity index (χ1v) is 11.4. The largest absolute Gasteiger partial charge is 0.351 e. The van der Waals surface area contributed by atoms with Crippen molar-refractivity contribution in [1.29, 1.82) is 0 Å². The van der Waals surface area contributed by atoms with Crippen molar-refractivity contribution in [2.45, 2.75) is 51.6 Å². The lowest BCUT2D eigenvalue weighted by atomic mass is 10.0. The van der Waals surface area contributed by atoms with Gasteiger partial charge in [-0.15, -0.1) is 11.3 Å². The molecule has 2 heterocycles. The minimum absolute atomic E-state index is 0.150. The molecule has 1 aliphatic carbocycles. The van der Waals surface area contributed by atoms with Gasteiger partial charge in [-0.2, -0.15) is 0 Å². The van der Waals surface area contributed by atoms with E-state index in [0.717, 1.165) is 36.3 Å². The highest BCUT2D eigenvalue weighted by Gasteiger charge is 2.36. The van der Waals surface area contributed by atoms with Crippen LogP contribution in [0.5, 0.6) is 0 Å². The summed E-state index contributed by atoms with van der Waals surface area (Å²) in [7, 11) is 0. The zero-order valence-electron chi connectivity index (χ0n) is 17.7. The number of pyridine rings is 1. The third kappa shape index (κ3) is 4.66. The van der Waals surface area contributed by atoms with Crippen LogP contribution >= 0.6 is 11.3 Å². The van der Waals surface area contributed by atoms with Crippen LogP contribution in [-0.4, -0.2) is 27.8 Å². The first kappa shape index (κ1) is 21.2. The molecule has 7 heteroatoms. The van der Waals surface area contributed by atoms with Gasteiger partial charge in [-0.1, -0.05) is 31.0 Å². The molecule has 0 unspecified atom stereocenters. The molecule has 4 rings (SSSR count). The zero-order chi connectivity index (χ0) is 21.8. The number of hydrogen-bond donors (Lipinski definition) is 1. The minimum atomic E-state index is -0.805. The fourth-order valence-corrected chi connectivity index (χ4v) is 4.98. The highest BCUT2D eigenvalue weighted by molar-refractivity contribution is 7.13. The smallest absolute Gasteiger partial charge is 0.271 e. The number of amides is 2.